The van der Waals surface area contributed by atoms with Crippen LogP contribution >= 0.6 is 22.7 Å². The lowest BCUT2D eigenvalue weighted by atomic mass is 10.4. The highest BCUT2D eigenvalue weighted by Gasteiger charge is 2.02. The van der Waals surface area contributed by atoms with Gasteiger partial charge in [0.2, 0.25) is 0 Å². The zero-order chi connectivity index (χ0) is 9.10. The van der Waals surface area contributed by atoms with E-state index in [-0.39, 0.29) is 0 Å². The Hall–Kier alpha value is -0.710. The van der Waals surface area contributed by atoms with Gasteiger partial charge in [0, 0.05) is 28.9 Å². The van der Waals surface area contributed by atoms with Gasteiger partial charge in [-0.2, -0.15) is 0 Å². The molecule has 0 unspecified atom stereocenters. The molecule has 0 saturated heterocycles. The normalized spacial score (nSPS) is 10.5. The summed E-state index contributed by atoms with van der Waals surface area (Å²) in [6, 6.07) is 4.20. The maximum Gasteiger partial charge on any atom is 0.0980 e. The predicted molar refractivity (Wildman–Crippen MR) is 57.1 cm³/mol. The fourth-order valence-electron chi connectivity index (χ4n) is 1.09. The number of hydrogen-bond donors (Lipinski definition) is 1. The predicted octanol–water partition coefficient (Wildman–Crippen LogP) is 2.25. The molecule has 0 radical (unpaired) electrons. The minimum absolute atomic E-state index is 0.599. The Morgan fingerprint density at radius 3 is 2.92 bits per heavy atom. The zero-order valence-electron chi connectivity index (χ0n) is 7.06. The smallest absolute Gasteiger partial charge is 0.0980 e. The van der Waals surface area contributed by atoms with E-state index in [1.165, 1.54) is 4.88 Å². The van der Waals surface area contributed by atoms with Crippen molar-refractivity contribution in [2.24, 2.45) is 5.73 Å². The molecule has 68 valence electrons. The summed E-state index contributed by atoms with van der Waals surface area (Å²) in [6.07, 6.45) is 2.82. The SMILES string of the molecule is NCc1cnc(Cc2cccs2)s1. The molecule has 0 fully saturated rings. The van der Waals surface area contributed by atoms with E-state index >= 15 is 0 Å². The van der Waals surface area contributed by atoms with Crippen molar-refractivity contribution < 1.29 is 0 Å². The van der Waals surface area contributed by atoms with E-state index in [9.17, 15) is 0 Å². The molecule has 0 aliphatic heterocycles. The Bertz CT molecular complexity index is 365. The summed E-state index contributed by atoms with van der Waals surface area (Å²) in [5.74, 6) is 0. The molecule has 13 heavy (non-hydrogen) atoms. The van der Waals surface area contributed by atoms with E-state index in [1.807, 2.05) is 6.20 Å². The van der Waals surface area contributed by atoms with Crippen molar-refractivity contribution in [3.8, 4) is 0 Å². The molecule has 0 aliphatic carbocycles. The van der Waals surface area contributed by atoms with E-state index in [2.05, 4.69) is 22.5 Å². The fraction of sp³-hybridized carbons (Fsp3) is 0.222. The second kappa shape index (κ2) is 4.00. The molecule has 0 saturated carbocycles. The standard InChI is InChI=1S/C9H10N2S2/c10-5-8-6-11-9(13-8)4-7-2-1-3-12-7/h1-3,6H,4-5,10H2. The van der Waals surface area contributed by atoms with Crippen LogP contribution in [0.3, 0.4) is 0 Å². The fourth-order valence-corrected chi connectivity index (χ4v) is 2.71. The lowest BCUT2D eigenvalue weighted by molar-refractivity contribution is 1.09. The monoisotopic (exact) mass is 210 g/mol. The van der Waals surface area contributed by atoms with Crippen molar-refractivity contribution in [1.29, 1.82) is 0 Å². The Balaban J connectivity index is 2.10. The van der Waals surface area contributed by atoms with Crippen LogP contribution in [0, 0.1) is 0 Å². The molecular weight excluding hydrogens is 200 g/mol. The van der Waals surface area contributed by atoms with Crippen molar-refractivity contribution in [3.05, 3.63) is 38.5 Å². The zero-order valence-corrected chi connectivity index (χ0v) is 8.70. The van der Waals surface area contributed by atoms with Gasteiger partial charge in [-0.3, -0.25) is 0 Å². The van der Waals surface area contributed by atoms with Gasteiger partial charge >= 0.3 is 0 Å². The molecule has 4 heteroatoms. The third-order valence-corrected chi connectivity index (χ3v) is 3.60. The Morgan fingerprint density at radius 2 is 2.31 bits per heavy atom. The van der Waals surface area contributed by atoms with Crippen molar-refractivity contribution >= 4 is 22.7 Å². The van der Waals surface area contributed by atoms with E-state index in [0.717, 1.165) is 16.3 Å². The minimum atomic E-state index is 0.599. The number of thiazole rings is 1. The number of thiophene rings is 1. The van der Waals surface area contributed by atoms with Gasteiger partial charge in [-0.15, -0.1) is 22.7 Å². The maximum absolute atomic E-state index is 5.51. The number of rotatable bonds is 3. The van der Waals surface area contributed by atoms with Crippen LogP contribution in [0.1, 0.15) is 14.8 Å². The first-order chi connectivity index (χ1) is 6.38. The lowest BCUT2D eigenvalue weighted by Crippen LogP contribution is -1.91. The van der Waals surface area contributed by atoms with Gasteiger partial charge in [0.1, 0.15) is 0 Å². The van der Waals surface area contributed by atoms with Crippen molar-refractivity contribution in [1.82, 2.24) is 4.98 Å². The quantitative estimate of drug-likeness (QED) is 0.844. The first-order valence-corrected chi connectivity index (χ1v) is 5.74. The minimum Gasteiger partial charge on any atom is -0.326 e. The maximum atomic E-state index is 5.51. The second-order valence-corrected chi connectivity index (χ2v) is 4.91. The molecule has 0 amide bonds. The van der Waals surface area contributed by atoms with Gasteiger partial charge < -0.3 is 5.73 Å². The van der Waals surface area contributed by atoms with Crippen LogP contribution in [0.5, 0.6) is 0 Å². The third-order valence-electron chi connectivity index (χ3n) is 1.71. The van der Waals surface area contributed by atoms with Crippen LogP contribution in [0.25, 0.3) is 0 Å². The Kier molecular flexibility index (Phi) is 2.73. The van der Waals surface area contributed by atoms with Crippen LogP contribution in [0.4, 0.5) is 0 Å². The number of nitrogens with zero attached hydrogens (tertiary/aromatic N) is 1. The Labute approximate surface area is 85.1 Å². The van der Waals surface area contributed by atoms with Gasteiger partial charge in [-0.25, -0.2) is 4.98 Å². The largest absolute Gasteiger partial charge is 0.326 e. The number of aromatic nitrogens is 1. The summed E-state index contributed by atoms with van der Waals surface area (Å²) in [5.41, 5.74) is 5.51. The van der Waals surface area contributed by atoms with Gasteiger partial charge in [0.05, 0.1) is 5.01 Å². The molecule has 0 atom stereocenters. The molecule has 0 aromatic carbocycles. The summed E-state index contributed by atoms with van der Waals surface area (Å²) >= 11 is 3.47. The van der Waals surface area contributed by atoms with E-state index in [4.69, 9.17) is 5.73 Å². The molecule has 2 heterocycles. The molecule has 2 rings (SSSR count). The van der Waals surface area contributed by atoms with Crippen molar-refractivity contribution in [3.63, 3.8) is 0 Å². The second-order valence-electron chi connectivity index (χ2n) is 2.68. The summed E-state index contributed by atoms with van der Waals surface area (Å²) in [7, 11) is 0. The average Bonchev–Trinajstić information content (AvgIpc) is 2.76. The molecule has 2 aromatic rings. The summed E-state index contributed by atoms with van der Waals surface area (Å²) in [4.78, 5) is 6.83. The average molecular weight is 210 g/mol. The van der Waals surface area contributed by atoms with Gasteiger partial charge in [0.25, 0.3) is 0 Å². The molecule has 2 N–H and O–H groups in total. The first kappa shape index (κ1) is 8.87. The van der Waals surface area contributed by atoms with E-state index in [1.54, 1.807) is 22.7 Å². The topological polar surface area (TPSA) is 38.9 Å². The third kappa shape index (κ3) is 2.15. The highest BCUT2D eigenvalue weighted by Crippen LogP contribution is 2.18. The molecular formula is C9H10N2S2. The van der Waals surface area contributed by atoms with E-state index < -0.39 is 0 Å². The number of hydrogen-bond acceptors (Lipinski definition) is 4. The number of nitrogens with two attached hydrogens (primary N) is 1. The molecule has 0 spiro atoms. The van der Waals surface area contributed by atoms with E-state index in [0.29, 0.717) is 6.54 Å². The Morgan fingerprint density at radius 1 is 1.38 bits per heavy atom. The molecule has 2 nitrogen and oxygen atoms in total. The van der Waals surface area contributed by atoms with Crippen LogP contribution in [0.2, 0.25) is 0 Å². The van der Waals surface area contributed by atoms with Crippen LogP contribution in [0.15, 0.2) is 23.7 Å². The first-order valence-electron chi connectivity index (χ1n) is 4.04. The van der Waals surface area contributed by atoms with Crippen molar-refractivity contribution in [2.75, 3.05) is 0 Å². The van der Waals surface area contributed by atoms with Crippen LogP contribution in [-0.4, -0.2) is 4.98 Å². The van der Waals surface area contributed by atoms with Gasteiger partial charge in [-0.05, 0) is 11.4 Å². The molecule has 0 aliphatic rings. The van der Waals surface area contributed by atoms with Crippen LogP contribution in [-0.2, 0) is 13.0 Å². The van der Waals surface area contributed by atoms with Gasteiger partial charge in [0.15, 0.2) is 0 Å². The summed E-state index contributed by atoms with van der Waals surface area (Å²) < 4.78 is 0. The lowest BCUT2D eigenvalue weighted by Gasteiger charge is -1.89. The summed E-state index contributed by atoms with van der Waals surface area (Å²) in [5, 5.41) is 3.25. The molecule has 2 aromatic heterocycles. The highest BCUT2D eigenvalue weighted by atomic mass is 32.1. The van der Waals surface area contributed by atoms with Crippen molar-refractivity contribution in [2.45, 2.75) is 13.0 Å². The van der Waals surface area contributed by atoms with Crippen LogP contribution < -0.4 is 5.73 Å². The molecule has 0 bridgehead atoms. The summed E-state index contributed by atoms with van der Waals surface area (Å²) in [6.45, 7) is 0.599. The highest BCUT2D eigenvalue weighted by molar-refractivity contribution is 7.12. The van der Waals surface area contributed by atoms with Gasteiger partial charge in [-0.1, -0.05) is 6.07 Å².